The van der Waals surface area contributed by atoms with Gasteiger partial charge in [0.2, 0.25) is 0 Å². The molecule has 0 bridgehead atoms. The van der Waals surface area contributed by atoms with Crippen LogP contribution in [0.3, 0.4) is 0 Å². The number of hydrogen-bond donors (Lipinski definition) is 2. The van der Waals surface area contributed by atoms with Gasteiger partial charge in [0.1, 0.15) is 17.1 Å². The van der Waals surface area contributed by atoms with E-state index in [9.17, 15) is 18.0 Å². The summed E-state index contributed by atoms with van der Waals surface area (Å²) in [7, 11) is 1.18. The Morgan fingerprint density at radius 2 is 1.96 bits per heavy atom. The summed E-state index contributed by atoms with van der Waals surface area (Å²) in [5, 5.41) is 5.76. The molecule has 0 unspecified atom stereocenters. The molecule has 0 atom stereocenters. The quantitative estimate of drug-likeness (QED) is 0.869. The number of piperidine rings is 1. The van der Waals surface area contributed by atoms with Gasteiger partial charge in [-0.15, -0.1) is 0 Å². The van der Waals surface area contributed by atoms with Crippen molar-refractivity contribution in [2.24, 2.45) is 4.99 Å². The van der Waals surface area contributed by atoms with Gasteiger partial charge in [0.05, 0.1) is 12.7 Å². The minimum absolute atomic E-state index is 0.185. The van der Waals surface area contributed by atoms with Crippen molar-refractivity contribution in [3.8, 4) is 5.75 Å². The van der Waals surface area contributed by atoms with E-state index in [4.69, 9.17) is 4.74 Å². The highest BCUT2D eigenvalue weighted by molar-refractivity contribution is 6.15. The number of hydrogen-bond acceptors (Lipinski definition) is 4. The molecule has 2 aliphatic heterocycles. The van der Waals surface area contributed by atoms with Crippen LogP contribution in [0.15, 0.2) is 23.2 Å². The van der Waals surface area contributed by atoms with Crippen molar-refractivity contribution < 1.29 is 22.7 Å². The number of amides is 1. The standard InChI is InChI=1S/C15H16F3N3O2/c1-23-11-3-2-9(8-10(11)15(16,17)18)12-20-13(22)14(21-12)4-6-19-7-5-14/h2-3,8,19H,4-7H2,1H3,(H,20,21,22). The number of carbonyl (C=O) groups excluding carboxylic acids is 1. The van der Waals surface area contributed by atoms with Gasteiger partial charge < -0.3 is 15.4 Å². The lowest BCUT2D eigenvalue weighted by Crippen LogP contribution is -2.47. The Morgan fingerprint density at radius 3 is 2.57 bits per heavy atom. The number of amidine groups is 1. The highest BCUT2D eigenvalue weighted by atomic mass is 19.4. The predicted molar refractivity (Wildman–Crippen MR) is 77.5 cm³/mol. The van der Waals surface area contributed by atoms with Gasteiger partial charge in [-0.2, -0.15) is 13.2 Å². The van der Waals surface area contributed by atoms with Crippen molar-refractivity contribution in [1.29, 1.82) is 0 Å². The van der Waals surface area contributed by atoms with Crippen LogP contribution in [-0.2, 0) is 11.0 Å². The molecule has 1 aromatic rings. The summed E-state index contributed by atoms with van der Waals surface area (Å²) in [6.07, 6.45) is -3.48. The van der Waals surface area contributed by atoms with Crippen molar-refractivity contribution in [2.45, 2.75) is 24.6 Å². The molecule has 124 valence electrons. The molecule has 0 aromatic heterocycles. The second-order valence-electron chi connectivity index (χ2n) is 5.61. The van der Waals surface area contributed by atoms with Crippen LogP contribution in [0.5, 0.6) is 5.75 Å². The maximum absolute atomic E-state index is 13.1. The third-order valence-corrected chi connectivity index (χ3v) is 4.19. The van der Waals surface area contributed by atoms with E-state index in [1.807, 2.05) is 0 Å². The number of alkyl halides is 3. The van der Waals surface area contributed by atoms with Gasteiger partial charge in [0.25, 0.3) is 5.91 Å². The molecule has 1 saturated heterocycles. The molecule has 1 amide bonds. The van der Waals surface area contributed by atoms with Crippen LogP contribution in [0.25, 0.3) is 0 Å². The highest BCUT2D eigenvalue weighted by Gasteiger charge is 2.44. The molecule has 23 heavy (non-hydrogen) atoms. The normalized spacial score (nSPS) is 20.3. The molecule has 2 aliphatic rings. The van der Waals surface area contributed by atoms with Crippen molar-refractivity contribution in [3.05, 3.63) is 29.3 Å². The maximum atomic E-state index is 13.1. The van der Waals surface area contributed by atoms with Crippen LogP contribution in [0, 0.1) is 0 Å². The Balaban J connectivity index is 1.99. The number of carbonyl (C=O) groups is 1. The van der Waals surface area contributed by atoms with Gasteiger partial charge >= 0.3 is 6.18 Å². The van der Waals surface area contributed by atoms with Crippen LogP contribution in [0.1, 0.15) is 24.0 Å². The van der Waals surface area contributed by atoms with Gasteiger partial charge in [-0.1, -0.05) is 0 Å². The first-order valence-electron chi connectivity index (χ1n) is 7.23. The molecule has 1 fully saturated rings. The third kappa shape index (κ3) is 2.78. The Labute approximate surface area is 130 Å². The van der Waals surface area contributed by atoms with E-state index in [-0.39, 0.29) is 23.1 Å². The van der Waals surface area contributed by atoms with Crippen LogP contribution in [0.4, 0.5) is 13.2 Å². The molecule has 1 aromatic carbocycles. The average Bonchev–Trinajstić information content (AvgIpc) is 2.83. The molecule has 1 spiro atoms. The fourth-order valence-corrected chi connectivity index (χ4v) is 2.91. The average molecular weight is 327 g/mol. The number of benzene rings is 1. The number of halogens is 3. The summed E-state index contributed by atoms with van der Waals surface area (Å²) >= 11 is 0. The van der Waals surface area contributed by atoms with E-state index in [2.05, 4.69) is 15.6 Å². The number of methoxy groups -OCH3 is 1. The summed E-state index contributed by atoms with van der Waals surface area (Å²) in [5.41, 5.74) is -1.53. The number of aliphatic imine (C=N–C) groups is 1. The van der Waals surface area contributed by atoms with E-state index in [1.165, 1.54) is 19.2 Å². The first-order valence-corrected chi connectivity index (χ1v) is 7.23. The van der Waals surface area contributed by atoms with E-state index in [0.29, 0.717) is 25.9 Å². The Hall–Kier alpha value is -2.09. The van der Waals surface area contributed by atoms with Crippen LogP contribution >= 0.6 is 0 Å². The number of nitrogens with zero attached hydrogens (tertiary/aromatic N) is 1. The Kier molecular flexibility index (Phi) is 3.79. The smallest absolute Gasteiger partial charge is 0.419 e. The molecular weight excluding hydrogens is 311 g/mol. The van der Waals surface area contributed by atoms with E-state index < -0.39 is 17.3 Å². The summed E-state index contributed by atoms with van der Waals surface area (Å²) in [5.74, 6) is -0.328. The maximum Gasteiger partial charge on any atom is 0.419 e. The van der Waals surface area contributed by atoms with E-state index >= 15 is 0 Å². The topological polar surface area (TPSA) is 62.7 Å². The van der Waals surface area contributed by atoms with Gasteiger partial charge in [-0.05, 0) is 44.1 Å². The van der Waals surface area contributed by atoms with Gasteiger partial charge in [0.15, 0.2) is 0 Å². The van der Waals surface area contributed by atoms with Crippen LogP contribution in [-0.4, -0.2) is 37.5 Å². The number of rotatable bonds is 2. The lowest BCUT2D eigenvalue weighted by molar-refractivity contribution is -0.138. The second kappa shape index (κ2) is 5.52. The largest absolute Gasteiger partial charge is 0.496 e. The van der Waals surface area contributed by atoms with Gasteiger partial charge in [-0.25, -0.2) is 0 Å². The van der Waals surface area contributed by atoms with Crippen molar-refractivity contribution >= 4 is 11.7 Å². The third-order valence-electron chi connectivity index (χ3n) is 4.19. The number of ether oxygens (including phenoxy) is 1. The molecule has 2 heterocycles. The van der Waals surface area contributed by atoms with Crippen molar-refractivity contribution in [1.82, 2.24) is 10.6 Å². The molecule has 2 N–H and O–H groups in total. The van der Waals surface area contributed by atoms with Crippen molar-refractivity contribution in [2.75, 3.05) is 20.2 Å². The zero-order valence-electron chi connectivity index (χ0n) is 12.5. The minimum atomic E-state index is -4.54. The van der Waals surface area contributed by atoms with Crippen molar-refractivity contribution in [3.63, 3.8) is 0 Å². The monoisotopic (exact) mass is 327 g/mol. The fraction of sp³-hybridized carbons (Fsp3) is 0.467. The summed E-state index contributed by atoms with van der Waals surface area (Å²) in [6, 6.07) is 3.66. The SMILES string of the molecule is COc1ccc(C2=NC3(CCNCC3)C(=O)N2)cc1C(F)(F)F. The molecular formula is C15H16F3N3O2. The van der Waals surface area contributed by atoms with Crippen LogP contribution < -0.4 is 15.4 Å². The molecule has 5 nitrogen and oxygen atoms in total. The minimum Gasteiger partial charge on any atom is -0.496 e. The zero-order chi connectivity index (χ0) is 16.7. The predicted octanol–water partition coefficient (Wildman–Crippen LogP) is 1.71. The molecule has 3 rings (SSSR count). The summed E-state index contributed by atoms with van der Waals surface area (Å²) in [4.78, 5) is 16.7. The summed E-state index contributed by atoms with van der Waals surface area (Å²) in [6.45, 7) is 1.31. The van der Waals surface area contributed by atoms with E-state index in [1.54, 1.807) is 0 Å². The molecule has 0 radical (unpaired) electrons. The fourth-order valence-electron chi connectivity index (χ4n) is 2.91. The molecule has 0 aliphatic carbocycles. The zero-order valence-corrected chi connectivity index (χ0v) is 12.5. The van der Waals surface area contributed by atoms with Gasteiger partial charge in [0, 0.05) is 5.56 Å². The lowest BCUT2D eigenvalue weighted by atomic mass is 9.89. The molecule has 0 saturated carbocycles. The van der Waals surface area contributed by atoms with E-state index in [0.717, 1.165) is 6.07 Å². The van der Waals surface area contributed by atoms with Crippen LogP contribution in [0.2, 0.25) is 0 Å². The highest BCUT2D eigenvalue weighted by Crippen LogP contribution is 2.37. The lowest BCUT2D eigenvalue weighted by Gasteiger charge is -2.28. The summed E-state index contributed by atoms with van der Waals surface area (Å²) < 4.78 is 44.1. The molecule has 8 heteroatoms. The van der Waals surface area contributed by atoms with Gasteiger partial charge in [-0.3, -0.25) is 9.79 Å². The first-order chi connectivity index (χ1) is 10.9. The first kappa shape index (κ1) is 15.8. The Bertz CT molecular complexity index is 664. The number of nitrogens with one attached hydrogen (secondary N) is 2. The Morgan fingerprint density at radius 1 is 1.26 bits per heavy atom. The second-order valence-corrected chi connectivity index (χ2v) is 5.61.